The number of aliphatic hydroxyl groups excluding tert-OH is 1. The molecule has 0 heterocycles. The average molecular weight is 484 g/mol. The van der Waals surface area contributed by atoms with E-state index in [-0.39, 0.29) is 18.7 Å². The first-order valence-corrected chi connectivity index (χ1v) is 15.2. The summed E-state index contributed by atoms with van der Waals surface area (Å²) in [5, 5.41) is 9.34. The molecule has 0 amide bonds. The van der Waals surface area contributed by atoms with Gasteiger partial charge in [-0.25, -0.2) is 0 Å². The van der Waals surface area contributed by atoms with E-state index in [1.54, 1.807) is 0 Å². The molecule has 1 unspecified atom stereocenters. The van der Waals surface area contributed by atoms with Crippen molar-refractivity contribution in [3.63, 3.8) is 0 Å². The molecule has 0 saturated carbocycles. The van der Waals surface area contributed by atoms with Crippen LogP contribution in [0.4, 0.5) is 0 Å². The molecule has 0 radical (unpaired) electrons. The van der Waals surface area contributed by atoms with Crippen LogP contribution in [0.2, 0.25) is 0 Å². The largest absolute Gasteiger partial charge is 0.462 e. The highest BCUT2D eigenvalue weighted by molar-refractivity contribution is 5.69. The molecule has 0 aromatic carbocycles. The number of hydrogen-bond donors (Lipinski definition) is 1. The van der Waals surface area contributed by atoms with Crippen LogP contribution in [0.5, 0.6) is 0 Å². The maximum Gasteiger partial charge on any atom is 0.306 e. The summed E-state index contributed by atoms with van der Waals surface area (Å²) >= 11 is 0. The summed E-state index contributed by atoms with van der Waals surface area (Å²) in [7, 11) is 0. The van der Waals surface area contributed by atoms with Crippen LogP contribution in [0.1, 0.15) is 156 Å². The summed E-state index contributed by atoms with van der Waals surface area (Å²) in [6.07, 6.45) is 25.2. The molecule has 0 aliphatic carbocycles. The fourth-order valence-corrected chi connectivity index (χ4v) is 4.71. The number of aliphatic hydroxyl groups is 1. The van der Waals surface area contributed by atoms with E-state index in [1.807, 2.05) is 0 Å². The van der Waals surface area contributed by atoms with Gasteiger partial charge in [-0.15, -0.1) is 0 Å². The smallest absolute Gasteiger partial charge is 0.306 e. The Kier molecular flexibility index (Phi) is 26.5. The molecular weight excluding hydrogens is 422 g/mol. The number of hydrogen-bond acceptors (Lipinski definition) is 4. The van der Waals surface area contributed by atoms with Crippen LogP contribution >= 0.6 is 0 Å². The molecule has 204 valence electrons. The Morgan fingerprint density at radius 2 is 1.12 bits per heavy atom. The fraction of sp³-hybridized carbons (Fsp3) is 0.967. The van der Waals surface area contributed by atoms with Crippen molar-refractivity contribution in [2.45, 2.75) is 162 Å². The van der Waals surface area contributed by atoms with E-state index in [9.17, 15) is 9.90 Å². The van der Waals surface area contributed by atoms with E-state index >= 15 is 0 Å². The van der Waals surface area contributed by atoms with Gasteiger partial charge in [0.2, 0.25) is 0 Å². The Balaban J connectivity index is 3.78. The standard InChI is InChI=1S/C30H61NO3/c1-4-7-9-11-14-18-23-29(22-6-3)34-30(33)24-19-15-13-17-21-26-31(27-28-32)25-20-16-12-10-8-5-2/h29,32H,4-28H2,1-3H3. The molecule has 4 nitrogen and oxygen atoms in total. The first-order chi connectivity index (χ1) is 16.7. The van der Waals surface area contributed by atoms with Gasteiger partial charge in [0, 0.05) is 13.0 Å². The second kappa shape index (κ2) is 27.0. The van der Waals surface area contributed by atoms with Crippen LogP contribution in [0, 0.1) is 0 Å². The second-order valence-electron chi connectivity index (χ2n) is 10.3. The molecule has 0 aliphatic heterocycles. The Bertz CT molecular complexity index is 416. The Morgan fingerprint density at radius 1 is 0.618 bits per heavy atom. The van der Waals surface area contributed by atoms with E-state index in [4.69, 9.17) is 4.74 Å². The van der Waals surface area contributed by atoms with Crippen molar-refractivity contribution in [1.82, 2.24) is 4.90 Å². The van der Waals surface area contributed by atoms with Gasteiger partial charge in [-0.3, -0.25) is 4.79 Å². The first-order valence-electron chi connectivity index (χ1n) is 15.2. The summed E-state index contributed by atoms with van der Waals surface area (Å²) in [5.41, 5.74) is 0. The molecule has 0 aromatic heterocycles. The molecular formula is C30H61NO3. The minimum absolute atomic E-state index is 0.0116. The van der Waals surface area contributed by atoms with E-state index in [2.05, 4.69) is 25.7 Å². The molecule has 0 aliphatic rings. The lowest BCUT2D eigenvalue weighted by molar-refractivity contribution is -0.150. The molecule has 34 heavy (non-hydrogen) atoms. The summed E-state index contributed by atoms with van der Waals surface area (Å²) < 4.78 is 5.80. The summed E-state index contributed by atoms with van der Waals surface area (Å²) in [6.45, 7) is 9.97. The fourth-order valence-electron chi connectivity index (χ4n) is 4.71. The third-order valence-electron chi connectivity index (χ3n) is 6.89. The van der Waals surface area contributed by atoms with E-state index in [1.165, 1.54) is 96.3 Å². The van der Waals surface area contributed by atoms with Crippen molar-refractivity contribution >= 4 is 5.97 Å². The minimum Gasteiger partial charge on any atom is -0.462 e. The van der Waals surface area contributed by atoms with Crippen LogP contribution in [0.3, 0.4) is 0 Å². The lowest BCUT2D eigenvalue weighted by Crippen LogP contribution is -2.29. The highest BCUT2D eigenvalue weighted by atomic mass is 16.5. The molecule has 0 aromatic rings. The first kappa shape index (κ1) is 33.4. The van der Waals surface area contributed by atoms with Gasteiger partial charge in [-0.05, 0) is 51.6 Å². The number of ether oxygens (including phenoxy) is 1. The normalized spacial score (nSPS) is 12.4. The third-order valence-corrected chi connectivity index (χ3v) is 6.89. The van der Waals surface area contributed by atoms with E-state index in [0.717, 1.165) is 51.7 Å². The topological polar surface area (TPSA) is 49.8 Å². The molecule has 0 rings (SSSR count). The maximum absolute atomic E-state index is 12.3. The molecule has 4 heteroatoms. The maximum atomic E-state index is 12.3. The second-order valence-corrected chi connectivity index (χ2v) is 10.3. The average Bonchev–Trinajstić information content (AvgIpc) is 2.82. The van der Waals surface area contributed by atoms with Crippen LogP contribution in [-0.2, 0) is 9.53 Å². The van der Waals surface area contributed by atoms with Crippen molar-refractivity contribution in [3.8, 4) is 0 Å². The van der Waals surface area contributed by atoms with Crippen LogP contribution < -0.4 is 0 Å². The number of nitrogens with zero attached hydrogens (tertiary/aromatic N) is 1. The molecule has 1 N–H and O–H groups in total. The van der Waals surface area contributed by atoms with Gasteiger partial charge >= 0.3 is 5.97 Å². The van der Waals surface area contributed by atoms with Gasteiger partial charge in [-0.2, -0.15) is 0 Å². The van der Waals surface area contributed by atoms with Gasteiger partial charge < -0.3 is 14.7 Å². The molecule has 1 atom stereocenters. The summed E-state index contributed by atoms with van der Waals surface area (Å²) in [6, 6.07) is 0. The highest BCUT2D eigenvalue weighted by Gasteiger charge is 2.13. The molecule has 0 fully saturated rings. The zero-order chi connectivity index (χ0) is 25.1. The third kappa shape index (κ3) is 23.1. The Hall–Kier alpha value is -0.610. The van der Waals surface area contributed by atoms with Crippen molar-refractivity contribution in [1.29, 1.82) is 0 Å². The predicted octanol–water partition coefficient (Wildman–Crippen LogP) is 8.44. The number of esters is 1. The van der Waals surface area contributed by atoms with Gasteiger partial charge in [-0.1, -0.05) is 111 Å². The Labute approximate surface area is 213 Å². The highest BCUT2D eigenvalue weighted by Crippen LogP contribution is 2.16. The van der Waals surface area contributed by atoms with Gasteiger partial charge in [0.1, 0.15) is 6.10 Å². The van der Waals surface area contributed by atoms with Gasteiger partial charge in [0.25, 0.3) is 0 Å². The number of carbonyl (C=O) groups excluding carboxylic acids is 1. The van der Waals surface area contributed by atoms with Crippen molar-refractivity contribution in [3.05, 3.63) is 0 Å². The molecule has 0 bridgehead atoms. The number of carbonyl (C=O) groups is 1. The van der Waals surface area contributed by atoms with Gasteiger partial charge in [0.05, 0.1) is 6.61 Å². The monoisotopic (exact) mass is 483 g/mol. The Morgan fingerprint density at radius 3 is 1.65 bits per heavy atom. The SMILES string of the molecule is CCCCCCCCC(CCC)OC(=O)CCCCCCCN(CCO)CCCCCCCC. The molecule has 0 spiro atoms. The van der Waals surface area contributed by atoms with Crippen LogP contribution in [0.15, 0.2) is 0 Å². The van der Waals surface area contributed by atoms with Crippen molar-refractivity contribution in [2.24, 2.45) is 0 Å². The number of unbranched alkanes of at least 4 members (excludes halogenated alkanes) is 14. The lowest BCUT2D eigenvalue weighted by atomic mass is 10.0. The quantitative estimate of drug-likeness (QED) is 0.0940. The van der Waals surface area contributed by atoms with Crippen molar-refractivity contribution < 1.29 is 14.6 Å². The van der Waals surface area contributed by atoms with E-state index in [0.29, 0.717) is 6.42 Å². The van der Waals surface area contributed by atoms with E-state index < -0.39 is 0 Å². The minimum atomic E-state index is 0.0116. The summed E-state index contributed by atoms with van der Waals surface area (Å²) in [5.74, 6) is 0.0116. The van der Waals surface area contributed by atoms with Crippen molar-refractivity contribution in [2.75, 3.05) is 26.2 Å². The lowest BCUT2D eigenvalue weighted by Gasteiger charge is -2.21. The predicted molar refractivity (Wildman–Crippen MR) is 147 cm³/mol. The van der Waals surface area contributed by atoms with Crippen LogP contribution in [-0.4, -0.2) is 48.3 Å². The zero-order valence-corrected chi connectivity index (χ0v) is 23.5. The zero-order valence-electron chi connectivity index (χ0n) is 23.5. The van der Waals surface area contributed by atoms with Crippen LogP contribution in [0.25, 0.3) is 0 Å². The number of rotatable bonds is 27. The molecule has 0 saturated heterocycles. The van der Waals surface area contributed by atoms with Gasteiger partial charge in [0.15, 0.2) is 0 Å². The summed E-state index contributed by atoms with van der Waals surface area (Å²) in [4.78, 5) is 14.7.